The van der Waals surface area contributed by atoms with Crippen LogP contribution in [0, 0.1) is 16.7 Å². The third-order valence-electron chi connectivity index (χ3n) is 5.44. The molecule has 0 rings (SSSR count). The van der Waals surface area contributed by atoms with Crippen LogP contribution in [-0.4, -0.2) is 19.0 Å². The summed E-state index contributed by atoms with van der Waals surface area (Å²) in [6.07, 6.45) is 11.3. The fraction of sp³-hybridized carbons (Fsp3) is 1.00. The lowest BCUT2D eigenvalue weighted by Crippen LogP contribution is -2.57. The van der Waals surface area contributed by atoms with Gasteiger partial charge in [-0.1, -0.05) is 101 Å². The summed E-state index contributed by atoms with van der Waals surface area (Å²) in [5.41, 5.74) is 0.0929. The van der Waals surface area contributed by atoms with E-state index in [-0.39, 0.29) is 10.8 Å². The molecule has 0 aliphatic heterocycles. The van der Waals surface area contributed by atoms with Crippen molar-refractivity contribution in [3.63, 3.8) is 0 Å². The molecular weight excluding hydrogens is 320 g/mol. The molecule has 0 aromatic carbocycles. The van der Waals surface area contributed by atoms with Crippen LogP contribution in [0.4, 0.5) is 0 Å². The second-order valence-corrected chi connectivity index (χ2v) is 10.1. The van der Waals surface area contributed by atoms with Crippen LogP contribution in [0.25, 0.3) is 0 Å². The summed E-state index contributed by atoms with van der Waals surface area (Å²) < 4.78 is 13.2. The third-order valence-corrected chi connectivity index (χ3v) is 5.44. The Morgan fingerprint density at radius 2 is 1.08 bits per heavy atom. The van der Waals surface area contributed by atoms with Gasteiger partial charge < -0.3 is 9.47 Å². The minimum atomic E-state index is -0.513. The first kappa shape index (κ1) is 25.9. The van der Waals surface area contributed by atoms with E-state index in [0.717, 1.165) is 26.1 Å². The molecule has 0 amide bonds. The van der Waals surface area contributed by atoms with Gasteiger partial charge in [-0.3, -0.25) is 0 Å². The van der Waals surface area contributed by atoms with Crippen molar-refractivity contribution in [1.29, 1.82) is 0 Å². The highest BCUT2D eigenvalue weighted by molar-refractivity contribution is 4.96. The Labute approximate surface area is 165 Å². The number of ether oxygens (including phenoxy) is 2. The van der Waals surface area contributed by atoms with Gasteiger partial charge in [-0.05, 0) is 24.7 Å². The van der Waals surface area contributed by atoms with Gasteiger partial charge in [0.15, 0.2) is 5.79 Å². The van der Waals surface area contributed by atoms with Gasteiger partial charge in [-0.25, -0.2) is 0 Å². The standard InChI is InChI=1S/C24H50O2/c1-10-13-14-15-16-17-18-21(22(4,5)6)24(23(7,8)9,25-19-11-2)26-20-12-3/h21H,10-20H2,1-9H3. The van der Waals surface area contributed by atoms with E-state index in [9.17, 15) is 0 Å². The molecule has 0 bridgehead atoms. The zero-order chi connectivity index (χ0) is 20.3. The number of unbranched alkanes of at least 4 members (excludes halogenated alkanes) is 5. The molecule has 1 atom stereocenters. The van der Waals surface area contributed by atoms with E-state index in [1.807, 2.05) is 0 Å². The maximum atomic E-state index is 6.61. The summed E-state index contributed by atoms with van der Waals surface area (Å²) in [6.45, 7) is 22.1. The van der Waals surface area contributed by atoms with Gasteiger partial charge in [0.05, 0.1) is 0 Å². The van der Waals surface area contributed by atoms with E-state index in [2.05, 4.69) is 62.3 Å². The Morgan fingerprint density at radius 3 is 1.46 bits per heavy atom. The second kappa shape index (κ2) is 12.4. The molecule has 0 fully saturated rings. The first-order valence-electron chi connectivity index (χ1n) is 11.3. The van der Waals surface area contributed by atoms with Gasteiger partial charge >= 0.3 is 0 Å². The Bertz CT molecular complexity index is 327. The second-order valence-electron chi connectivity index (χ2n) is 10.1. The SMILES string of the molecule is CCCCCCCCC(C(C)(C)C)C(OCCC)(OCCC)C(C)(C)C. The van der Waals surface area contributed by atoms with Gasteiger partial charge in [0.1, 0.15) is 0 Å². The van der Waals surface area contributed by atoms with Gasteiger partial charge in [0.25, 0.3) is 0 Å². The maximum absolute atomic E-state index is 6.61. The molecule has 0 radical (unpaired) electrons. The van der Waals surface area contributed by atoms with Crippen molar-refractivity contribution < 1.29 is 9.47 Å². The fourth-order valence-corrected chi connectivity index (χ4v) is 4.03. The zero-order valence-corrected chi connectivity index (χ0v) is 19.7. The summed E-state index contributed by atoms with van der Waals surface area (Å²) in [4.78, 5) is 0. The van der Waals surface area contributed by atoms with Crippen LogP contribution in [0.5, 0.6) is 0 Å². The molecule has 2 heteroatoms. The molecule has 0 aromatic heterocycles. The minimum Gasteiger partial charge on any atom is -0.349 e. The molecule has 0 spiro atoms. The fourth-order valence-electron chi connectivity index (χ4n) is 4.03. The van der Waals surface area contributed by atoms with E-state index in [1.54, 1.807) is 0 Å². The molecule has 2 nitrogen and oxygen atoms in total. The third kappa shape index (κ3) is 8.30. The van der Waals surface area contributed by atoms with Crippen LogP contribution in [0.15, 0.2) is 0 Å². The first-order valence-corrected chi connectivity index (χ1v) is 11.3. The number of hydrogen-bond donors (Lipinski definition) is 0. The van der Waals surface area contributed by atoms with Crippen molar-refractivity contribution in [3.05, 3.63) is 0 Å². The normalized spacial score (nSPS) is 14.7. The number of rotatable bonds is 14. The summed E-state index contributed by atoms with van der Waals surface area (Å²) in [5, 5.41) is 0. The average molecular weight is 371 g/mol. The van der Waals surface area contributed by atoms with Crippen molar-refractivity contribution in [2.24, 2.45) is 16.7 Å². The van der Waals surface area contributed by atoms with E-state index in [0.29, 0.717) is 5.92 Å². The summed E-state index contributed by atoms with van der Waals surface area (Å²) in [6, 6.07) is 0. The molecule has 0 aliphatic carbocycles. The first-order chi connectivity index (χ1) is 12.1. The molecule has 26 heavy (non-hydrogen) atoms. The zero-order valence-electron chi connectivity index (χ0n) is 19.7. The quantitative estimate of drug-likeness (QED) is 0.228. The molecule has 1 unspecified atom stereocenters. The minimum absolute atomic E-state index is 0.0580. The van der Waals surface area contributed by atoms with Crippen molar-refractivity contribution >= 4 is 0 Å². The summed E-state index contributed by atoms with van der Waals surface area (Å²) in [7, 11) is 0. The summed E-state index contributed by atoms with van der Waals surface area (Å²) >= 11 is 0. The van der Waals surface area contributed by atoms with Crippen LogP contribution in [0.1, 0.15) is 120 Å². The van der Waals surface area contributed by atoms with Gasteiger partial charge in [-0.15, -0.1) is 0 Å². The van der Waals surface area contributed by atoms with Crippen molar-refractivity contribution in [2.45, 2.75) is 126 Å². The van der Waals surface area contributed by atoms with Crippen LogP contribution in [0.2, 0.25) is 0 Å². The predicted octanol–water partition coefficient (Wildman–Crippen LogP) is 7.99. The molecular formula is C24H50O2. The largest absolute Gasteiger partial charge is 0.349 e. The Morgan fingerprint density at radius 1 is 0.615 bits per heavy atom. The molecule has 0 saturated carbocycles. The van der Waals surface area contributed by atoms with Crippen LogP contribution in [0.3, 0.4) is 0 Å². The summed E-state index contributed by atoms with van der Waals surface area (Å²) in [5.74, 6) is -0.125. The van der Waals surface area contributed by atoms with Crippen molar-refractivity contribution in [2.75, 3.05) is 13.2 Å². The highest BCUT2D eigenvalue weighted by Gasteiger charge is 2.53. The van der Waals surface area contributed by atoms with E-state index >= 15 is 0 Å². The van der Waals surface area contributed by atoms with E-state index in [4.69, 9.17) is 9.47 Å². The average Bonchev–Trinajstić information content (AvgIpc) is 2.53. The number of hydrogen-bond acceptors (Lipinski definition) is 2. The van der Waals surface area contributed by atoms with Gasteiger partial charge in [0.2, 0.25) is 0 Å². The lowest BCUT2D eigenvalue weighted by Gasteiger charge is -2.53. The monoisotopic (exact) mass is 370 g/mol. The maximum Gasteiger partial charge on any atom is 0.176 e. The van der Waals surface area contributed by atoms with Crippen LogP contribution >= 0.6 is 0 Å². The molecule has 0 aliphatic rings. The molecule has 0 heterocycles. The van der Waals surface area contributed by atoms with Crippen molar-refractivity contribution in [1.82, 2.24) is 0 Å². The van der Waals surface area contributed by atoms with Crippen molar-refractivity contribution in [3.8, 4) is 0 Å². The van der Waals surface area contributed by atoms with E-state index in [1.165, 1.54) is 44.9 Å². The van der Waals surface area contributed by atoms with Gasteiger partial charge in [0, 0.05) is 24.5 Å². The molecule has 158 valence electrons. The Kier molecular flexibility index (Phi) is 12.4. The Balaban J connectivity index is 5.43. The van der Waals surface area contributed by atoms with E-state index < -0.39 is 5.79 Å². The smallest absolute Gasteiger partial charge is 0.176 e. The molecule has 0 aromatic rings. The topological polar surface area (TPSA) is 18.5 Å². The van der Waals surface area contributed by atoms with Crippen LogP contribution < -0.4 is 0 Å². The molecule has 0 N–H and O–H groups in total. The molecule has 0 saturated heterocycles. The predicted molar refractivity (Wildman–Crippen MR) is 116 cm³/mol. The highest BCUT2D eigenvalue weighted by Crippen LogP contribution is 2.50. The Hall–Kier alpha value is -0.0800. The lowest BCUT2D eigenvalue weighted by atomic mass is 9.65. The van der Waals surface area contributed by atoms with Crippen LogP contribution in [-0.2, 0) is 9.47 Å². The highest BCUT2D eigenvalue weighted by atomic mass is 16.7. The van der Waals surface area contributed by atoms with Gasteiger partial charge in [-0.2, -0.15) is 0 Å². The lowest BCUT2D eigenvalue weighted by molar-refractivity contribution is -0.332.